The molecular formula is C15H21N5O. The van der Waals surface area contributed by atoms with Crippen LogP contribution in [0.4, 0.5) is 11.9 Å². The van der Waals surface area contributed by atoms with Gasteiger partial charge in [-0.05, 0) is 26.0 Å². The van der Waals surface area contributed by atoms with Crippen LogP contribution in [0.3, 0.4) is 0 Å². The molecule has 0 bridgehead atoms. The summed E-state index contributed by atoms with van der Waals surface area (Å²) in [5.41, 5.74) is 1.99. The van der Waals surface area contributed by atoms with Crippen LogP contribution in [-0.4, -0.2) is 42.7 Å². The number of anilines is 2. The first kappa shape index (κ1) is 15.0. The van der Waals surface area contributed by atoms with Crippen molar-refractivity contribution in [2.75, 3.05) is 38.0 Å². The first-order valence-corrected chi connectivity index (χ1v) is 6.87. The maximum Gasteiger partial charge on any atom is 0.230 e. The van der Waals surface area contributed by atoms with Gasteiger partial charge in [0.1, 0.15) is 5.75 Å². The third-order valence-corrected chi connectivity index (χ3v) is 2.95. The molecule has 0 saturated heterocycles. The van der Waals surface area contributed by atoms with Crippen LogP contribution in [0.1, 0.15) is 12.5 Å². The highest BCUT2D eigenvalue weighted by molar-refractivity contribution is 5.66. The molecule has 0 radical (unpaired) electrons. The van der Waals surface area contributed by atoms with Gasteiger partial charge in [0.25, 0.3) is 0 Å². The van der Waals surface area contributed by atoms with Gasteiger partial charge in [0.05, 0.1) is 12.7 Å². The van der Waals surface area contributed by atoms with E-state index in [1.807, 2.05) is 51.0 Å². The number of ether oxygens (including phenoxy) is 1. The minimum absolute atomic E-state index is 0.565. The molecule has 0 spiro atoms. The fourth-order valence-corrected chi connectivity index (χ4v) is 1.92. The zero-order chi connectivity index (χ0) is 15.4. The summed E-state index contributed by atoms with van der Waals surface area (Å²) in [5, 5.41) is 3.14. The number of nitrogens with zero attached hydrogens (tertiary/aromatic N) is 4. The van der Waals surface area contributed by atoms with Crippen molar-refractivity contribution in [3.05, 3.63) is 23.8 Å². The van der Waals surface area contributed by atoms with Gasteiger partial charge in [-0.25, -0.2) is 0 Å². The molecule has 0 aliphatic heterocycles. The molecule has 0 atom stereocenters. The van der Waals surface area contributed by atoms with Crippen molar-refractivity contribution in [2.45, 2.75) is 13.8 Å². The lowest BCUT2D eigenvalue weighted by atomic mass is 10.1. The maximum absolute atomic E-state index is 5.42. The van der Waals surface area contributed by atoms with Gasteiger partial charge >= 0.3 is 0 Å². The molecule has 6 nitrogen and oxygen atoms in total. The number of aryl methyl sites for hydroxylation is 1. The van der Waals surface area contributed by atoms with Gasteiger partial charge in [-0.2, -0.15) is 15.0 Å². The van der Waals surface area contributed by atoms with E-state index in [4.69, 9.17) is 4.74 Å². The van der Waals surface area contributed by atoms with Crippen LogP contribution in [0.5, 0.6) is 5.75 Å². The number of nitrogens with one attached hydrogen (secondary N) is 1. The first-order valence-electron chi connectivity index (χ1n) is 6.87. The summed E-state index contributed by atoms with van der Waals surface area (Å²) in [4.78, 5) is 15.2. The van der Waals surface area contributed by atoms with Gasteiger partial charge in [0.15, 0.2) is 5.82 Å². The number of methoxy groups -OCH3 is 1. The summed E-state index contributed by atoms with van der Waals surface area (Å²) >= 11 is 0. The quantitative estimate of drug-likeness (QED) is 0.910. The summed E-state index contributed by atoms with van der Waals surface area (Å²) in [6.07, 6.45) is 0. The predicted molar refractivity (Wildman–Crippen MR) is 85.0 cm³/mol. The minimum Gasteiger partial charge on any atom is -0.496 e. The smallest absolute Gasteiger partial charge is 0.230 e. The van der Waals surface area contributed by atoms with E-state index in [0.717, 1.165) is 23.4 Å². The van der Waals surface area contributed by atoms with E-state index in [-0.39, 0.29) is 0 Å². The van der Waals surface area contributed by atoms with E-state index >= 15 is 0 Å². The molecule has 1 N–H and O–H groups in total. The van der Waals surface area contributed by atoms with E-state index in [1.54, 1.807) is 7.11 Å². The van der Waals surface area contributed by atoms with Crippen molar-refractivity contribution in [1.82, 2.24) is 15.0 Å². The fraction of sp³-hybridized carbons (Fsp3) is 0.400. The van der Waals surface area contributed by atoms with Crippen LogP contribution < -0.4 is 15.0 Å². The molecule has 0 unspecified atom stereocenters. The monoisotopic (exact) mass is 287 g/mol. The van der Waals surface area contributed by atoms with Gasteiger partial charge in [-0.15, -0.1) is 0 Å². The Kier molecular flexibility index (Phi) is 4.57. The Morgan fingerprint density at radius 2 is 1.95 bits per heavy atom. The molecule has 112 valence electrons. The molecular weight excluding hydrogens is 266 g/mol. The van der Waals surface area contributed by atoms with Gasteiger partial charge < -0.3 is 15.0 Å². The van der Waals surface area contributed by atoms with Crippen LogP contribution in [0.2, 0.25) is 0 Å². The number of aromatic nitrogens is 3. The minimum atomic E-state index is 0.565. The topological polar surface area (TPSA) is 63.2 Å². The van der Waals surface area contributed by atoms with Crippen molar-refractivity contribution in [3.8, 4) is 17.1 Å². The third-order valence-electron chi connectivity index (χ3n) is 2.95. The van der Waals surface area contributed by atoms with Crippen molar-refractivity contribution >= 4 is 11.9 Å². The lowest BCUT2D eigenvalue weighted by Crippen LogP contribution is -2.16. The number of hydrogen-bond donors (Lipinski definition) is 1. The Morgan fingerprint density at radius 3 is 2.57 bits per heavy atom. The van der Waals surface area contributed by atoms with Crippen molar-refractivity contribution < 1.29 is 4.74 Å². The third kappa shape index (κ3) is 3.39. The standard InChI is InChI=1S/C15H21N5O/c1-6-16-14-17-13(18-15(19-14)20(3)4)11-9-10(2)7-8-12(11)21-5/h7-9H,6H2,1-5H3,(H,16,17,18,19). The molecule has 1 aromatic heterocycles. The zero-order valence-corrected chi connectivity index (χ0v) is 13.1. The lowest BCUT2D eigenvalue weighted by molar-refractivity contribution is 0.416. The molecule has 1 aromatic carbocycles. The zero-order valence-electron chi connectivity index (χ0n) is 13.1. The number of benzene rings is 1. The summed E-state index contributed by atoms with van der Waals surface area (Å²) < 4.78 is 5.42. The molecule has 0 saturated carbocycles. The van der Waals surface area contributed by atoms with Gasteiger partial charge in [-0.1, -0.05) is 11.6 Å². The summed E-state index contributed by atoms with van der Waals surface area (Å²) in [6, 6.07) is 5.95. The Morgan fingerprint density at radius 1 is 1.19 bits per heavy atom. The van der Waals surface area contributed by atoms with Crippen LogP contribution in [-0.2, 0) is 0 Å². The highest BCUT2D eigenvalue weighted by Crippen LogP contribution is 2.29. The second-order valence-electron chi connectivity index (χ2n) is 4.91. The fourth-order valence-electron chi connectivity index (χ4n) is 1.92. The van der Waals surface area contributed by atoms with Crippen LogP contribution in [0, 0.1) is 6.92 Å². The summed E-state index contributed by atoms with van der Waals surface area (Å²) in [7, 11) is 5.46. The second-order valence-corrected chi connectivity index (χ2v) is 4.91. The van der Waals surface area contributed by atoms with E-state index < -0.39 is 0 Å². The molecule has 2 aromatic rings. The average molecular weight is 287 g/mol. The molecule has 0 aliphatic carbocycles. The molecule has 0 fully saturated rings. The normalized spacial score (nSPS) is 10.3. The largest absolute Gasteiger partial charge is 0.496 e. The summed E-state index contributed by atoms with van der Waals surface area (Å²) in [5.74, 6) is 2.53. The van der Waals surface area contributed by atoms with Crippen LogP contribution >= 0.6 is 0 Å². The van der Waals surface area contributed by atoms with E-state index in [0.29, 0.717) is 17.7 Å². The van der Waals surface area contributed by atoms with Gasteiger partial charge in [0.2, 0.25) is 11.9 Å². The lowest BCUT2D eigenvalue weighted by Gasteiger charge is -2.14. The first-order chi connectivity index (χ1) is 10.0. The summed E-state index contributed by atoms with van der Waals surface area (Å²) in [6.45, 7) is 4.79. The van der Waals surface area contributed by atoms with E-state index in [9.17, 15) is 0 Å². The predicted octanol–water partition coefficient (Wildman–Crippen LogP) is 2.35. The van der Waals surface area contributed by atoms with Gasteiger partial charge in [0, 0.05) is 20.6 Å². The van der Waals surface area contributed by atoms with Crippen molar-refractivity contribution in [3.63, 3.8) is 0 Å². The Hall–Kier alpha value is -2.37. The highest BCUT2D eigenvalue weighted by atomic mass is 16.5. The van der Waals surface area contributed by atoms with E-state index in [1.165, 1.54) is 0 Å². The molecule has 1 heterocycles. The van der Waals surface area contributed by atoms with Crippen molar-refractivity contribution in [1.29, 1.82) is 0 Å². The van der Waals surface area contributed by atoms with Crippen LogP contribution in [0.25, 0.3) is 11.4 Å². The van der Waals surface area contributed by atoms with Crippen LogP contribution in [0.15, 0.2) is 18.2 Å². The number of rotatable bonds is 5. The SMILES string of the molecule is CCNc1nc(-c2cc(C)ccc2OC)nc(N(C)C)n1. The Bertz CT molecular complexity index is 627. The molecule has 0 aliphatic rings. The maximum atomic E-state index is 5.42. The molecule has 2 rings (SSSR count). The Balaban J connectivity index is 2.59. The van der Waals surface area contributed by atoms with Gasteiger partial charge in [-0.3, -0.25) is 0 Å². The van der Waals surface area contributed by atoms with E-state index in [2.05, 4.69) is 20.3 Å². The molecule has 6 heteroatoms. The van der Waals surface area contributed by atoms with Crippen molar-refractivity contribution in [2.24, 2.45) is 0 Å². The molecule has 0 amide bonds. The molecule has 21 heavy (non-hydrogen) atoms. The highest BCUT2D eigenvalue weighted by Gasteiger charge is 2.13. The number of hydrogen-bond acceptors (Lipinski definition) is 6. The second kappa shape index (κ2) is 6.39. The average Bonchev–Trinajstić information content (AvgIpc) is 2.47. The Labute approximate surface area is 125 Å².